The van der Waals surface area contributed by atoms with Crippen LogP contribution in [0.25, 0.3) is 0 Å². The molecule has 0 fully saturated rings. The Morgan fingerprint density at radius 2 is 2.07 bits per heavy atom. The minimum Gasteiger partial charge on any atom is -0.448 e. The Morgan fingerprint density at radius 1 is 1.36 bits per heavy atom. The molecule has 1 heterocycles. The Hall–Kier alpha value is -0.830. The molecule has 0 amide bonds. The quantitative estimate of drug-likeness (QED) is 0.785. The van der Waals surface area contributed by atoms with Crippen LogP contribution in [0.4, 0.5) is 0 Å². The van der Waals surface area contributed by atoms with Crippen molar-refractivity contribution in [3.63, 3.8) is 0 Å². The normalized spacial score (nSPS) is 11.6. The Kier molecular flexibility index (Phi) is 4.14. The smallest absolute Gasteiger partial charge is 0.181 e. The highest BCUT2D eigenvalue weighted by molar-refractivity contribution is 5.07. The van der Waals surface area contributed by atoms with Gasteiger partial charge in [-0.25, -0.2) is 4.98 Å². The van der Waals surface area contributed by atoms with Gasteiger partial charge in [0.25, 0.3) is 0 Å². The van der Waals surface area contributed by atoms with Gasteiger partial charge in [0.05, 0.1) is 5.69 Å². The highest BCUT2D eigenvalue weighted by Gasteiger charge is 2.09. The van der Waals surface area contributed by atoms with Crippen molar-refractivity contribution in [2.45, 2.75) is 46.7 Å². The predicted molar refractivity (Wildman–Crippen MR) is 57.0 cm³/mol. The number of hydrogen-bond donors (Lipinski definition) is 1. The van der Waals surface area contributed by atoms with E-state index in [1.54, 1.807) is 0 Å². The number of rotatable bonds is 5. The van der Waals surface area contributed by atoms with Gasteiger partial charge in [-0.2, -0.15) is 0 Å². The van der Waals surface area contributed by atoms with E-state index in [0.717, 1.165) is 24.4 Å². The van der Waals surface area contributed by atoms with Crippen molar-refractivity contribution in [1.29, 1.82) is 0 Å². The first kappa shape index (κ1) is 11.2. The van der Waals surface area contributed by atoms with Gasteiger partial charge in [-0.05, 0) is 5.92 Å². The minimum atomic E-state index is 0.485. The minimum absolute atomic E-state index is 0.485. The maximum absolute atomic E-state index is 5.36. The summed E-state index contributed by atoms with van der Waals surface area (Å²) < 4.78 is 5.36. The highest BCUT2D eigenvalue weighted by atomic mass is 16.3. The Labute approximate surface area is 85.9 Å². The van der Waals surface area contributed by atoms with Crippen LogP contribution >= 0.6 is 0 Å². The van der Waals surface area contributed by atoms with Gasteiger partial charge in [0.1, 0.15) is 5.76 Å². The van der Waals surface area contributed by atoms with Gasteiger partial charge in [0.15, 0.2) is 6.39 Å². The van der Waals surface area contributed by atoms with Crippen molar-refractivity contribution in [3.05, 3.63) is 17.8 Å². The lowest BCUT2D eigenvalue weighted by atomic mass is 10.1. The molecule has 3 heteroatoms. The van der Waals surface area contributed by atoms with Gasteiger partial charge >= 0.3 is 0 Å². The summed E-state index contributed by atoms with van der Waals surface area (Å²) in [5, 5.41) is 3.34. The van der Waals surface area contributed by atoms with Crippen molar-refractivity contribution >= 4 is 0 Å². The van der Waals surface area contributed by atoms with Gasteiger partial charge in [0, 0.05) is 19.0 Å². The van der Waals surface area contributed by atoms with Crippen LogP contribution in [-0.4, -0.2) is 11.0 Å². The number of nitrogens with one attached hydrogen (secondary N) is 1. The van der Waals surface area contributed by atoms with Crippen LogP contribution in [0.2, 0.25) is 0 Å². The van der Waals surface area contributed by atoms with Crippen LogP contribution in [0.15, 0.2) is 10.8 Å². The zero-order chi connectivity index (χ0) is 10.6. The topological polar surface area (TPSA) is 38.1 Å². The van der Waals surface area contributed by atoms with Gasteiger partial charge < -0.3 is 9.73 Å². The van der Waals surface area contributed by atoms with Crippen LogP contribution in [0.1, 0.15) is 39.1 Å². The molecular formula is C11H20N2O. The average molecular weight is 196 g/mol. The molecule has 0 spiro atoms. The molecule has 0 aliphatic heterocycles. The number of aromatic nitrogens is 1. The molecule has 0 atom stereocenters. The summed E-state index contributed by atoms with van der Waals surface area (Å²) in [6, 6.07) is 0.485. The first-order valence-corrected chi connectivity index (χ1v) is 5.24. The summed E-state index contributed by atoms with van der Waals surface area (Å²) in [4.78, 5) is 4.21. The lowest BCUT2D eigenvalue weighted by Crippen LogP contribution is -2.22. The fourth-order valence-corrected chi connectivity index (χ4v) is 1.28. The molecule has 80 valence electrons. The van der Waals surface area contributed by atoms with Crippen LogP contribution in [0.5, 0.6) is 0 Å². The maximum Gasteiger partial charge on any atom is 0.181 e. The molecular weight excluding hydrogens is 176 g/mol. The molecule has 0 saturated heterocycles. The molecule has 3 nitrogen and oxygen atoms in total. The lowest BCUT2D eigenvalue weighted by Gasteiger charge is -2.07. The molecule has 1 rings (SSSR count). The van der Waals surface area contributed by atoms with Crippen LogP contribution in [0.3, 0.4) is 0 Å². The van der Waals surface area contributed by atoms with E-state index >= 15 is 0 Å². The van der Waals surface area contributed by atoms with E-state index in [9.17, 15) is 0 Å². The van der Waals surface area contributed by atoms with E-state index in [1.807, 2.05) is 0 Å². The van der Waals surface area contributed by atoms with Crippen molar-refractivity contribution in [2.24, 2.45) is 5.92 Å². The van der Waals surface area contributed by atoms with E-state index in [2.05, 4.69) is 38.0 Å². The second kappa shape index (κ2) is 5.15. The van der Waals surface area contributed by atoms with E-state index in [0.29, 0.717) is 12.0 Å². The average Bonchev–Trinajstić information content (AvgIpc) is 2.47. The second-order valence-electron chi connectivity index (χ2n) is 4.36. The van der Waals surface area contributed by atoms with E-state index in [-0.39, 0.29) is 0 Å². The van der Waals surface area contributed by atoms with Crippen molar-refractivity contribution in [3.8, 4) is 0 Å². The van der Waals surface area contributed by atoms with E-state index in [4.69, 9.17) is 4.42 Å². The molecule has 0 aromatic carbocycles. The fraction of sp³-hybridized carbons (Fsp3) is 0.727. The third-order valence-electron chi connectivity index (χ3n) is 2.00. The summed E-state index contributed by atoms with van der Waals surface area (Å²) in [7, 11) is 0. The molecule has 0 radical (unpaired) electrons. The van der Waals surface area contributed by atoms with Crippen LogP contribution in [-0.2, 0) is 13.0 Å². The van der Waals surface area contributed by atoms with Gasteiger partial charge in [-0.15, -0.1) is 0 Å². The summed E-state index contributed by atoms with van der Waals surface area (Å²) in [6.07, 6.45) is 2.50. The molecule has 0 unspecified atom stereocenters. The number of hydrogen-bond acceptors (Lipinski definition) is 3. The zero-order valence-electron chi connectivity index (χ0n) is 9.50. The first-order valence-electron chi connectivity index (χ1n) is 5.24. The Balaban J connectivity index is 2.53. The number of oxazole rings is 1. The molecule has 1 aromatic rings. The third-order valence-corrected chi connectivity index (χ3v) is 2.00. The molecule has 0 aliphatic rings. The second-order valence-corrected chi connectivity index (χ2v) is 4.36. The van der Waals surface area contributed by atoms with Crippen molar-refractivity contribution < 1.29 is 4.42 Å². The monoisotopic (exact) mass is 196 g/mol. The standard InChI is InChI=1S/C11H20N2O/c1-8(2)5-11-10(13-7-14-11)6-12-9(3)4/h7-9,12H,5-6H2,1-4H3. The summed E-state index contributed by atoms with van der Waals surface area (Å²) in [6.45, 7) is 9.42. The molecule has 1 N–H and O–H groups in total. The summed E-state index contributed by atoms with van der Waals surface area (Å²) in [5.74, 6) is 1.63. The Morgan fingerprint density at radius 3 is 2.64 bits per heavy atom. The molecule has 0 saturated carbocycles. The predicted octanol–water partition coefficient (Wildman–Crippen LogP) is 2.37. The zero-order valence-corrected chi connectivity index (χ0v) is 9.50. The molecule has 14 heavy (non-hydrogen) atoms. The first-order chi connectivity index (χ1) is 6.59. The largest absolute Gasteiger partial charge is 0.448 e. The number of nitrogens with zero attached hydrogens (tertiary/aromatic N) is 1. The SMILES string of the molecule is CC(C)Cc1ocnc1CNC(C)C. The lowest BCUT2D eigenvalue weighted by molar-refractivity contribution is 0.462. The van der Waals surface area contributed by atoms with E-state index < -0.39 is 0 Å². The van der Waals surface area contributed by atoms with Crippen molar-refractivity contribution in [2.75, 3.05) is 0 Å². The Bertz CT molecular complexity index is 266. The van der Waals surface area contributed by atoms with Crippen molar-refractivity contribution in [1.82, 2.24) is 10.3 Å². The third kappa shape index (κ3) is 3.50. The fourth-order valence-electron chi connectivity index (χ4n) is 1.28. The molecule has 0 aliphatic carbocycles. The summed E-state index contributed by atoms with van der Waals surface area (Å²) in [5.41, 5.74) is 1.05. The van der Waals surface area contributed by atoms with Gasteiger partial charge in [0.2, 0.25) is 0 Å². The maximum atomic E-state index is 5.36. The van der Waals surface area contributed by atoms with Crippen LogP contribution < -0.4 is 5.32 Å². The summed E-state index contributed by atoms with van der Waals surface area (Å²) >= 11 is 0. The molecule has 0 bridgehead atoms. The van der Waals surface area contributed by atoms with Crippen LogP contribution in [0, 0.1) is 5.92 Å². The van der Waals surface area contributed by atoms with Gasteiger partial charge in [-0.3, -0.25) is 0 Å². The van der Waals surface area contributed by atoms with E-state index in [1.165, 1.54) is 6.39 Å². The van der Waals surface area contributed by atoms with Gasteiger partial charge in [-0.1, -0.05) is 27.7 Å². The molecule has 1 aromatic heterocycles. The highest BCUT2D eigenvalue weighted by Crippen LogP contribution is 2.12.